The van der Waals surface area contributed by atoms with Gasteiger partial charge >= 0.3 is 0 Å². The molecule has 0 radical (unpaired) electrons. The third-order valence-corrected chi connectivity index (χ3v) is 2.68. The predicted molar refractivity (Wildman–Crippen MR) is 59.7 cm³/mol. The Morgan fingerprint density at radius 2 is 2.08 bits per heavy atom. The molecule has 0 aromatic carbocycles. The Hall–Kier alpha value is -0.780. The van der Waals surface area contributed by atoms with Crippen LogP contribution in [0, 0.1) is 0 Å². The van der Waals surface area contributed by atoms with Crippen LogP contribution in [-0.4, -0.2) is 0 Å². The van der Waals surface area contributed by atoms with E-state index in [1.165, 1.54) is 36.0 Å². The molecule has 0 aromatic heterocycles. The third-order valence-electron chi connectivity index (χ3n) is 2.68. The Kier molecular flexibility index (Phi) is 4.01. The minimum atomic E-state index is 1.10. The second-order valence-electron chi connectivity index (χ2n) is 3.62. The summed E-state index contributed by atoms with van der Waals surface area (Å²) < 4.78 is 0. The van der Waals surface area contributed by atoms with Gasteiger partial charge in [0.15, 0.2) is 0 Å². The zero-order valence-corrected chi connectivity index (χ0v) is 9.06. The summed E-state index contributed by atoms with van der Waals surface area (Å²) >= 11 is 0. The van der Waals surface area contributed by atoms with Crippen molar-refractivity contribution in [2.45, 2.75) is 46.5 Å². The van der Waals surface area contributed by atoms with Gasteiger partial charge < -0.3 is 0 Å². The monoisotopic (exact) mass is 176 g/mol. The van der Waals surface area contributed by atoms with Gasteiger partial charge in [-0.05, 0) is 42.9 Å². The van der Waals surface area contributed by atoms with Crippen molar-refractivity contribution >= 4 is 0 Å². The van der Waals surface area contributed by atoms with Gasteiger partial charge in [-0.2, -0.15) is 0 Å². The van der Waals surface area contributed by atoms with E-state index in [-0.39, 0.29) is 0 Å². The average molecular weight is 176 g/mol. The molecule has 0 nitrogen and oxygen atoms in total. The molecule has 0 spiro atoms. The molecule has 0 saturated carbocycles. The van der Waals surface area contributed by atoms with E-state index in [9.17, 15) is 0 Å². The maximum absolute atomic E-state index is 2.36. The first-order chi connectivity index (χ1) is 6.29. The van der Waals surface area contributed by atoms with Crippen LogP contribution in [0.3, 0.4) is 0 Å². The summed E-state index contributed by atoms with van der Waals surface area (Å²) in [5, 5.41) is 0. The van der Waals surface area contributed by atoms with Gasteiger partial charge in [0, 0.05) is 0 Å². The molecule has 0 aromatic rings. The average Bonchev–Trinajstić information content (AvgIpc) is 2.30. The molecule has 1 rings (SSSR count). The molecule has 0 unspecified atom stereocenters. The maximum Gasteiger partial charge on any atom is -0.0160 e. The molecule has 0 atom stereocenters. The molecular weight excluding hydrogens is 156 g/mol. The normalized spacial score (nSPS) is 17.3. The van der Waals surface area contributed by atoms with Gasteiger partial charge in [-0.25, -0.2) is 0 Å². The number of allylic oxidation sites excluding steroid dienone is 6. The lowest BCUT2D eigenvalue weighted by Crippen LogP contribution is -1.88. The Balaban J connectivity index is 2.92. The number of hydrogen-bond donors (Lipinski definition) is 0. The van der Waals surface area contributed by atoms with Crippen LogP contribution in [0.5, 0.6) is 0 Å². The van der Waals surface area contributed by atoms with Crippen molar-refractivity contribution in [1.29, 1.82) is 0 Å². The quantitative estimate of drug-likeness (QED) is 0.598. The summed E-state index contributed by atoms with van der Waals surface area (Å²) in [6.07, 6.45) is 11.7. The summed E-state index contributed by atoms with van der Waals surface area (Å²) in [6, 6.07) is 0. The SMILES string of the molecule is CCCC1=C(C)C(CC)=CCC=C1. The molecule has 0 N–H and O–H groups in total. The topological polar surface area (TPSA) is 0 Å². The van der Waals surface area contributed by atoms with Crippen molar-refractivity contribution in [3.05, 3.63) is 34.9 Å². The molecule has 1 aliphatic carbocycles. The molecule has 0 aliphatic heterocycles. The molecule has 0 fully saturated rings. The van der Waals surface area contributed by atoms with Crippen LogP contribution >= 0.6 is 0 Å². The van der Waals surface area contributed by atoms with Gasteiger partial charge in [0.25, 0.3) is 0 Å². The summed E-state index contributed by atoms with van der Waals surface area (Å²) in [7, 11) is 0. The van der Waals surface area contributed by atoms with Crippen LogP contribution in [0.25, 0.3) is 0 Å². The van der Waals surface area contributed by atoms with E-state index in [0.717, 1.165) is 6.42 Å². The van der Waals surface area contributed by atoms with Crippen LogP contribution in [-0.2, 0) is 0 Å². The molecule has 13 heavy (non-hydrogen) atoms. The van der Waals surface area contributed by atoms with Crippen LogP contribution in [0.4, 0.5) is 0 Å². The highest BCUT2D eigenvalue weighted by Crippen LogP contribution is 2.24. The Morgan fingerprint density at radius 1 is 1.31 bits per heavy atom. The highest BCUT2D eigenvalue weighted by Gasteiger charge is 2.04. The number of hydrogen-bond acceptors (Lipinski definition) is 0. The highest BCUT2D eigenvalue weighted by molar-refractivity contribution is 5.41. The third kappa shape index (κ3) is 2.58. The fourth-order valence-electron chi connectivity index (χ4n) is 1.85. The lowest BCUT2D eigenvalue weighted by atomic mass is 9.97. The Labute approximate surface area is 82.0 Å². The lowest BCUT2D eigenvalue weighted by molar-refractivity contribution is 0.910. The Bertz CT molecular complexity index is 251. The predicted octanol–water partition coefficient (Wildman–Crippen LogP) is 4.40. The van der Waals surface area contributed by atoms with Gasteiger partial charge in [0.2, 0.25) is 0 Å². The fourth-order valence-corrected chi connectivity index (χ4v) is 1.85. The van der Waals surface area contributed by atoms with Crippen molar-refractivity contribution in [2.24, 2.45) is 0 Å². The molecule has 0 bridgehead atoms. The first-order valence-corrected chi connectivity index (χ1v) is 5.35. The Morgan fingerprint density at radius 3 is 2.69 bits per heavy atom. The molecule has 72 valence electrons. The van der Waals surface area contributed by atoms with E-state index >= 15 is 0 Å². The minimum Gasteiger partial charge on any atom is -0.0804 e. The van der Waals surface area contributed by atoms with E-state index in [0.29, 0.717) is 0 Å². The molecule has 0 heteroatoms. The van der Waals surface area contributed by atoms with Crippen molar-refractivity contribution in [3.63, 3.8) is 0 Å². The van der Waals surface area contributed by atoms with Crippen molar-refractivity contribution < 1.29 is 0 Å². The van der Waals surface area contributed by atoms with E-state index < -0.39 is 0 Å². The van der Waals surface area contributed by atoms with Gasteiger partial charge in [0.1, 0.15) is 0 Å². The first-order valence-electron chi connectivity index (χ1n) is 5.35. The van der Waals surface area contributed by atoms with Crippen molar-refractivity contribution in [1.82, 2.24) is 0 Å². The standard InChI is InChI=1S/C13H20/c1-4-8-13-10-7-6-9-12(5-2)11(13)3/h7,9-10H,4-6,8H2,1-3H3. The summed E-state index contributed by atoms with van der Waals surface area (Å²) in [5.74, 6) is 0. The van der Waals surface area contributed by atoms with E-state index in [1.807, 2.05) is 0 Å². The smallest absolute Gasteiger partial charge is 0.0160 e. The maximum atomic E-state index is 2.36. The summed E-state index contributed by atoms with van der Waals surface area (Å²) in [6.45, 7) is 6.74. The van der Waals surface area contributed by atoms with Crippen molar-refractivity contribution in [2.75, 3.05) is 0 Å². The van der Waals surface area contributed by atoms with Crippen LogP contribution in [0.2, 0.25) is 0 Å². The lowest BCUT2D eigenvalue weighted by Gasteiger charge is -2.08. The second kappa shape index (κ2) is 5.06. The van der Waals surface area contributed by atoms with Gasteiger partial charge in [-0.1, -0.05) is 38.5 Å². The largest absolute Gasteiger partial charge is 0.0804 e. The zero-order valence-electron chi connectivity index (χ0n) is 9.06. The van der Waals surface area contributed by atoms with Gasteiger partial charge in [0.05, 0.1) is 0 Å². The molecule has 1 aliphatic rings. The van der Waals surface area contributed by atoms with Crippen LogP contribution in [0.15, 0.2) is 34.9 Å². The minimum absolute atomic E-state index is 1.10. The fraction of sp³-hybridized carbons (Fsp3) is 0.538. The van der Waals surface area contributed by atoms with E-state index in [4.69, 9.17) is 0 Å². The molecule has 0 saturated heterocycles. The summed E-state index contributed by atoms with van der Waals surface area (Å²) in [5.41, 5.74) is 4.58. The zero-order chi connectivity index (χ0) is 9.68. The van der Waals surface area contributed by atoms with Gasteiger partial charge in [-0.3, -0.25) is 0 Å². The molecule has 0 heterocycles. The number of rotatable bonds is 3. The molecular formula is C13H20. The van der Waals surface area contributed by atoms with Crippen LogP contribution < -0.4 is 0 Å². The summed E-state index contributed by atoms with van der Waals surface area (Å²) in [4.78, 5) is 0. The first kappa shape index (κ1) is 10.3. The van der Waals surface area contributed by atoms with E-state index in [1.54, 1.807) is 0 Å². The molecule has 0 amide bonds. The second-order valence-corrected chi connectivity index (χ2v) is 3.62. The van der Waals surface area contributed by atoms with E-state index in [2.05, 4.69) is 39.0 Å². The van der Waals surface area contributed by atoms with Crippen molar-refractivity contribution in [3.8, 4) is 0 Å². The van der Waals surface area contributed by atoms with Crippen LogP contribution in [0.1, 0.15) is 46.5 Å². The van der Waals surface area contributed by atoms with Gasteiger partial charge in [-0.15, -0.1) is 0 Å². The highest BCUT2D eigenvalue weighted by atomic mass is 14.1.